The average Bonchev–Trinajstić information content (AvgIpc) is 3.41. The number of halogens is 2. The Morgan fingerprint density at radius 1 is 0.947 bits per heavy atom. The van der Waals surface area contributed by atoms with Crippen molar-refractivity contribution in [1.82, 2.24) is 28.8 Å². The summed E-state index contributed by atoms with van der Waals surface area (Å²) < 4.78 is 3.12. The molecule has 0 radical (unpaired) electrons. The topological polar surface area (TPSA) is 83.6 Å². The molecule has 1 aliphatic rings. The van der Waals surface area contributed by atoms with E-state index in [0.29, 0.717) is 44.5 Å². The second-order valence-electron chi connectivity index (χ2n) is 9.53. The quantitative estimate of drug-likeness (QED) is 0.330. The number of nitrogens with one attached hydrogen (secondary N) is 1. The maximum Gasteiger partial charge on any atom is 0.270 e. The molecule has 1 fully saturated rings. The molecule has 1 N–H and O–H groups in total. The zero-order valence-corrected chi connectivity index (χ0v) is 22.5. The molecule has 11 heteroatoms. The molecule has 9 nitrogen and oxygen atoms in total. The van der Waals surface area contributed by atoms with Crippen LogP contribution in [-0.4, -0.2) is 61.0 Å². The van der Waals surface area contributed by atoms with Crippen molar-refractivity contribution in [2.75, 3.05) is 36.4 Å². The number of fused-ring (bicyclic) bond motifs is 3. The molecule has 0 atom stereocenters. The highest BCUT2D eigenvalue weighted by Gasteiger charge is 2.20. The van der Waals surface area contributed by atoms with Crippen molar-refractivity contribution >= 4 is 57.3 Å². The molecule has 6 rings (SSSR count). The van der Waals surface area contributed by atoms with Crippen molar-refractivity contribution in [1.29, 1.82) is 0 Å². The van der Waals surface area contributed by atoms with Crippen LogP contribution < -0.4 is 15.8 Å². The summed E-state index contributed by atoms with van der Waals surface area (Å²) >= 11 is 12.8. The lowest BCUT2D eigenvalue weighted by molar-refractivity contribution is 0.209. The maximum atomic E-state index is 13.5. The Balaban J connectivity index is 1.31. The molecule has 0 spiro atoms. The van der Waals surface area contributed by atoms with Gasteiger partial charge in [-0.3, -0.25) is 14.1 Å². The summed E-state index contributed by atoms with van der Waals surface area (Å²) in [4.78, 5) is 31.9. The summed E-state index contributed by atoms with van der Waals surface area (Å²) in [5, 5.41) is 4.25. The summed E-state index contributed by atoms with van der Waals surface area (Å²) in [6.45, 7) is 8.64. The molecule has 0 aliphatic carbocycles. The van der Waals surface area contributed by atoms with Gasteiger partial charge in [-0.2, -0.15) is 4.98 Å². The van der Waals surface area contributed by atoms with E-state index < -0.39 is 0 Å². The second kappa shape index (κ2) is 9.90. The summed E-state index contributed by atoms with van der Waals surface area (Å²) in [6.07, 6.45) is 4.85. The van der Waals surface area contributed by atoms with Gasteiger partial charge < -0.3 is 10.2 Å². The molecule has 0 unspecified atom stereocenters. The first-order valence-corrected chi connectivity index (χ1v) is 13.2. The van der Waals surface area contributed by atoms with Crippen molar-refractivity contribution in [3.63, 3.8) is 0 Å². The molecule has 38 heavy (non-hydrogen) atoms. The molecule has 2 aromatic carbocycles. The molecule has 1 aliphatic heterocycles. The van der Waals surface area contributed by atoms with Crippen LogP contribution in [0.4, 0.5) is 17.3 Å². The molecule has 0 amide bonds. The highest BCUT2D eigenvalue weighted by Crippen LogP contribution is 2.29. The predicted molar refractivity (Wildman–Crippen MR) is 153 cm³/mol. The lowest BCUT2D eigenvalue weighted by Gasteiger charge is -2.38. The van der Waals surface area contributed by atoms with Crippen LogP contribution in [0.25, 0.3) is 22.5 Å². The van der Waals surface area contributed by atoms with Crippen LogP contribution in [-0.2, 0) is 0 Å². The first-order valence-electron chi connectivity index (χ1n) is 12.5. The summed E-state index contributed by atoms with van der Waals surface area (Å²) in [5.74, 6) is 0.725. The first-order chi connectivity index (χ1) is 18.4. The van der Waals surface area contributed by atoms with Crippen molar-refractivity contribution in [2.45, 2.75) is 19.9 Å². The van der Waals surface area contributed by atoms with Crippen molar-refractivity contribution < 1.29 is 0 Å². The third-order valence-corrected chi connectivity index (χ3v) is 7.56. The SMILES string of the molecule is CC(C)N1CCN(c2ccc(Nc3ncc4c(=O)n(-c5c(Cl)cccc5Cl)c5nccn5c4n3)cc2)CC1. The standard InChI is InChI=1S/C27H26Cl2N8O/c1-17(2)34-12-14-35(15-13-34)19-8-6-18(7-9-19)32-26-31-16-20-24(33-26)36-11-10-30-27(36)37(25(20)38)23-21(28)4-3-5-22(23)29/h3-11,16-17H,12-15H2,1-2H3,(H,31,32,33). The largest absolute Gasteiger partial charge is 0.369 e. The van der Waals surface area contributed by atoms with Crippen LogP contribution in [0.2, 0.25) is 10.0 Å². The Morgan fingerprint density at radius 2 is 1.66 bits per heavy atom. The smallest absolute Gasteiger partial charge is 0.270 e. The van der Waals surface area contributed by atoms with Gasteiger partial charge in [-0.1, -0.05) is 29.3 Å². The van der Waals surface area contributed by atoms with Crippen molar-refractivity contribution in [3.8, 4) is 5.69 Å². The van der Waals surface area contributed by atoms with Gasteiger partial charge in [-0.25, -0.2) is 14.5 Å². The normalized spacial score (nSPS) is 14.6. The van der Waals surface area contributed by atoms with Gasteiger partial charge >= 0.3 is 0 Å². The van der Waals surface area contributed by atoms with E-state index >= 15 is 0 Å². The Morgan fingerprint density at radius 3 is 2.34 bits per heavy atom. The van der Waals surface area contributed by atoms with Crippen LogP contribution in [0.3, 0.4) is 0 Å². The van der Waals surface area contributed by atoms with E-state index in [4.69, 9.17) is 23.2 Å². The number of hydrogen-bond acceptors (Lipinski definition) is 7. The van der Waals surface area contributed by atoms with E-state index in [1.165, 1.54) is 16.5 Å². The number of nitrogens with zero attached hydrogens (tertiary/aromatic N) is 7. The average molecular weight is 549 g/mol. The molecule has 5 aromatic rings. The van der Waals surface area contributed by atoms with Gasteiger partial charge in [0.2, 0.25) is 11.7 Å². The highest BCUT2D eigenvalue weighted by molar-refractivity contribution is 6.37. The predicted octanol–water partition coefficient (Wildman–Crippen LogP) is 5.01. The minimum atomic E-state index is -0.359. The van der Waals surface area contributed by atoms with Gasteiger partial charge in [0, 0.05) is 62.2 Å². The Hall–Kier alpha value is -3.66. The molecule has 4 heterocycles. The van der Waals surface area contributed by atoms with E-state index in [-0.39, 0.29) is 5.56 Å². The second-order valence-corrected chi connectivity index (χ2v) is 10.3. The van der Waals surface area contributed by atoms with Crippen LogP contribution in [0.1, 0.15) is 13.8 Å². The van der Waals surface area contributed by atoms with E-state index in [0.717, 1.165) is 31.9 Å². The zero-order valence-electron chi connectivity index (χ0n) is 21.0. The van der Waals surface area contributed by atoms with Crippen molar-refractivity contribution in [2.24, 2.45) is 0 Å². The maximum absolute atomic E-state index is 13.5. The van der Waals surface area contributed by atoms with Crippen molar-refractivity contribution in [3.05, 3.63) is 81.5 Å². The number of para-hydroxylation sites is 1. The number of imidazole rings is 1. The molecular formula is C27H26Cl2N8O. The van der Waals surface area contributed by atoms with Gasteiger partial charge in [0.1, 0.15) is 5.39 Å². The molecule has 0 saturated carbocycles. The van der Waals surface area contributed by atoms with Gasteiger partial charge in [0.15, 0.2) is 5.65 Å². The van der Waals surface area contributed by atoms with Gasteiger partial charge in [0.25, 0.3) is 5.56 Å². The minimum Gasteiger partial charge on any atom is -0.369 e. The number of piperazine rings is 1. The Labute approximate surface area is 229 Å². The number of benzene rings is 2. The fourth-order valence-electron chi connectivity index (χ4n) is 4.89. The number of aromatic nitrogens is 5. The Bertz CT molecular complexity index is 1670. The monoisotopic (exact) mass is 548 g/mol. The Kier molecular flexibility index (Phi) is 6.43. The van der Waals surface area contributed by atoms with E-state index in [1.807, 2.05) is 12.1 Å². The van der Waals surface area contributed by atoms with Crippen LogP contribution >= 0.6 is 23.2 Å². The molecular weight excluding hydrogens is 523 g/mol. The minimum absolute atomic E-state index is 0.313. The molecule has 3 aromatic heterocycles. The lowest BCUT2D eigenvalue weighted by Crippen LogP contribution is -2.48. The number of anilines is 3. The molecule has 1 saturated heterocycles. The van der Waals surface area contributed by atoms with Gasteiger partial charge in [-0.05, 0) is 50.2 Å². The van der Waals surface area contributed by atoms with Gasteiger partial charge in [0.05, 0.1) is 15.7 Å². The van der Waals surface area contributed by atoms with E-state index in [1.54, 1.807) is 35.0 Å². The third-order valence-electron chi connectivity index (χ3n) is 6.95. The number of hydrogen-bond donors (Lipinski definition) is 1. The van der Waals surface area contributed by atoms with Crippen LogP contribution in [0.15, 0.2) is 65.8 Å². The first kappa shape index (κ1) is 24.7. The van der Waals surface area contributed by atoms with Crippen LogP contribution in [0.5, 0.6) is 0 Å². The van der Waals surface area contributed by atoms with E-state index in [2.05, 4.69) is 56.0 Å². The zero-order chi connectivity index (χ0) is 26.4. The summed E-state index contributed by atoms with van der Waals surface area (Å²) in [5.41, 5.74) is 2.48. The fraction of sp³-hybridized carbons (Fsp3) is 0.259. The highest BCUT2D eigenvalue weighted by atomic mass is 35.5. The number of rotatable bonds is 5. The molecule has 194 valence electrons. The van der Waals surface area contributed by atoms with E-state index in [9.17, 15) is 4.79 Å². The summed E-state index contributed by atoms with van der Waals surface area (Å²) in [7, 11) is 0. The van der Waals surface area contributed by atoms with Gasteiger partial charge in [-0.15, -0.1) is 0 Å². The fourth-order valence-corrected chi connectivity index (χ4v) is 5.46. The van der Waals surface area contributed by atoms with Crippen LogP contribution in [0, 0.1) is 0 Å². The molecule has 0 bridgehead atoms. The third kappa shape index (κ3) is 4.36. The lowest BCUT2D eigenvalue weighted by atomic mass is 10.2. The summed E-state index contributed by atoms with van der Waals surface area (Å²) in [6, 6.07) is 13.9.